The number of hydrogen-bond acceptors (Lipinski definition) is 4. The number of amides is 1. The molecule has 3 heterocycles. The maximum atomic E-state index is 12.9. The summed E-state index contributed by atoms with van der Waals surface area (Å²) in [5, 5.41) is 3.79. The van der Waals surface area contributed by atoms with E-state index in [9.17, 15) is 18.0 Å². The fourth-order valence-corrected chi connectivity index (χ4v) is 2.92. The molecule has 0 aliphatic carbocycles. The van der Waals surface area contributed by atoms with E-state index in [1.54, 1.807) is 4.90 Å². The van der Waals surface area contributed by atoms with Crippen molar-refractivity contribution in [1.29, 1.82) is 0 Å². The van der Waals surface area contributed by atoms with Gasteiger partial charge in [-0.2, -0.15) is 24.5 Å². The first kappa shape index (κ1) is 15.8. The van der Waals surface area contributed by atoms with Gasteiger partial charge in [-0.05, 0) is 34.5 Å². The van der Waals surface area contributed by atoms with Gasteiger partial charge < -0.3 is 9.64 Å². The van der Waals surface area contributed by atoms with Gasteiger partial charge in [0.1, 0.15) is 11.7 Å². The van der Waals surface area contributed by atoms with E-state index in [2.05, 4.69) is 4.98 Å². The van der Waals surface area contributed by atoms with Crippen LogP contribution >= 0.6 is 11.3 Å². The number of pyridine rings is 1. The lowest BCUT2D eigenvalue weighted by Gasteiger charge is -2.39. The van der Waals surface area contributed by atoms with Crippen molar-refractivity contribution < 1.29 is 22.7 Å². The molecule has 0 saturated carbocycles. The molecular weight excluding hydrogens is 329 g/mol. The first-order valence-electron chi connectivity index (χ1n) is 6.91. The number of alkyl halides is 3. The van der Waals surface area contributed by atoms with Gasteiger partial charge in [-0.25, -0.2) is 4.98 Å². The Balaban J connectivity index is 1.56. The number of rotatable bonds is 4. The van der Waals surface area contributed by atoms with Crippen LogP contribution in [0.2, 0.25) is 0 Å². The van der Waals surface area contributed by atoms with Crippen LogP contribution < -0.4 is 4.74 Å². The average molecular weight is 342 g/mol. The van der Waals surface area contributed by atoms with Gasteiger partial charge in [0.25, 0.3) is 0 Å². The minimum absolute atomic E-state index is 0.0553. The van der Waals surface area contributed by atoms with Gasteiger partial charge >= 0.3 is 6.18 Å². The van der Waals surface area contributed by atoms with Crippen molar-refractivity contribution in [3.8, 4) is 5.88 Å². The Kier molecular flexibility index (Phi) is 4.25. The van der Waals surface area contributed by atoms with Crippen molar-refractivity contribution in [3.05, 3.63) is 46.3 Å². The summed E-state index contributed by atoms with van der Waals surface area (Å²) in [6, 6.07) is 4.02. The van der Waals surface area contributed by atoms with E-state index in [1.165, 1.54) is 23.6 Å². The van der Waals surface area contributed by atoms with Crippen LogP contribution in [0.3, 0.4) is 0 Å². The number of hydrogen-bond donors (Lipinski definition) is 0. The van der Waals surface area contributed by atoms with Crippen LogP contribution in [0, 0.1) is 0 Å². The Labute approximate surface area is 134 Å². The summed E-state index contributed by atoms with van der Waals surface area (Å²) in [6.07, 6.45) is -3.42. The Hall–Kier alpha value is -2.09. The minimum Gasteiger partial charge on any atom is -0.470 e. The molecule has 23 heavy (non-hydrogen) atoms. The second-order valence-corrected chi connectivity index (χ2v) is 5.98. The maximum Gasteiger partial charge on any atom is 0.421 e. The fraction of sp³-hybridized carbons (Fsp3) is 0.333. The van der Waals surface area contributed by atoms with Gasteiger partial charge in [-0.15, -0.1) is 0 Å². The topological polar surface area (TPSA) is 42.4 Å². The highest BCUT2D eigenvalue weighted by atomic mass is 32.1. The van der Waals surface area contributed by atoms with Crippen molar-refractivity contribution in [2.45, 2.75) is 18.7 Å². The van der Waals surface area contributed by atoms with Crippen LogP contribution in [0.4, 0.5) is 13.2 Å². The third-order valence-corrected chi connectivity index (χ3v) is 4.22. The predicted molar refractivity (Wildman–Crippen MR) is 78.3 cm³/mol. The van der Waals surface area contributed by atoms with E-state index in [1.807, 2.05) is 16.8 Å². The average Bonchev–Trinajstić information content (AvgIpc) is 2.94. The van der Waals surface area contributed by atoms with E-state index >= 15 is 0 Å². The fourth-order valence-electron chi connectivity index (χ4n) is 2.25. The smallest absolute Gasteiger partial charge is 0.421 e. The van der Waals surface area contributed by atoms with Crippen LogP contribution in [-0.2, 0) is 17.4 Å². The Bertz CT molecular complexity index is 682. The molecule has 1 aliphatic rings. The van der Waals surface area contributed by atoms with Crippen LogP contribution in [0.25, 0.3) is 0 Å². The lowest BCUT2D eigenvalue weighted by molar-refractivity contribution is -0.144. The molecule has 1 aliphatic heterocycles. The number of thiophene rings is 1. The normalized spacial score (nSPS) is 15.3. The van der Waals surface area contributed by atoms with Crippen molar-refractivity contribution in [3.63, 3.8) is 0 Å². The predicted octanol–water partition coefficient (Wildman–Crippen LogP) is 2.99. The van der Waals surface area contributed by atoms with Gasteiger partial charge in [-0.1, -0.05) is 0 Å². The van der Waals surface area contributed by atoms with Crippen LogP contribution in [0.5, 0.6) is 5.88 Å². The second kappa shape index (κ2) is 6.19. The zero-order chi connectivity index (χ0) is 16.4. The Morgan fingerprint density at radius 2 is 2.17 bits per heavy atom. The van der Waals surface area contributed by atoms with Crippen LogP contribution in [0.1, 0.15) is 11.1 Å². The number of aromatic nitrogens is 1. The molecule has 0 aromatic carbocycles. The molecule has 0 unspecified atom stereocenters. The van der Waals surface area contributed by atoms with E-state index in [0.717, 1.165) is 11.6 Å². The molecule has 1 saturated heterocycles. The largest absolute Gasteiger partial charge is 0.470 e. The van der Waals surface area contributed by atoms with Gasteiger partial charge in [0.15, 0.2) is 0 Å². The van der Waals surface area contributed by atoms with Crippen LogP contribution in [-0.4, -0.2) is 35.0 Å². The molecule has 0 spiro atoms. The van der Waals surface area contributed by atoms with Crippen molar-refractivity contribution in [2.75, 3.05) is 13.1 Å². The third kappa shape index (κ3) is 3.64. The number of likely N-dealkylation sites (tertiary alicyclic amines) is 1. The van der Waals surface area contributed by atoms with E-state index in [4.69, 9.17) is 4.74 Å². The van der Waals surface area contributed by atoms with Gasteiger partial charge in [0.2, 0.25) is 11.8 Å². The monoisotopic (exact) mass is 342 g/mol. The first-order valence-corrected chi connectivity index (χ1v) is 7.85. The summed E-state index contributed by atoms with van der Waals surface area (Å²) in [5.41, 5.74) is 0.0384. The lowest BCUT2D eigenvalue weighted by Crippen LogP contribution is -2.56. The molecule has 2 aromatic heterocycles. The number of halogens is 3. The molecule has 8 heteroatoms. The molecule has 2 aromatic rings. The summed E-state index contributed by atoms with van der Waals surface area (Å²) < 4.78 is 43.9. The second-order valence-electron chi connectivity index (χ2n) is 5.20. The molecule has 0 atom stereocenters. The number of carbonyl (C=O) groups is 1. The molecule has 0 radical (unpaired) electrons. The number of ether oxygens (including phenoxy) is 1. The Morgan fingerprint density at radius 3 is 2.83 bits per heavy atom. The van der Waals surface area contributed by atoms with Crippen molar-refractivity contribution in [1.82, 2.24) is 9.88 Å². The summed E-state index contributed by atoms with van der Waals surface area (Å²) >= 11 is 1.51. The zero-order valence-electron chi connectivity index (χ0n) is 11.9. The van der Waals surface area contributed by atoms with Crippen LogP contribution in [0.15, 0.2) is 35.2 Å². The van der Waals surface area contributed by atoms with Gasteiger partial charge in [-0.3, -0.25) is 4.79 Å². The molecule has 122 valence electrons. The molecule has 4 nitrogen and oxygen atoms in total. The molecule has 1 fully saturated rings. The van der Waals surface area contributed by atoms with Gasteiger partial charge in [0.05, 0.1) is 19.5 Å². The van der Waals surface area contributed by atoms with E-state index < -0.39 is 23.7 Å². The molecular formula is C15H13F3N2O2S. The first-order chi connectivity index (χ1) is 10.9. The summed E-state index contributed by atoms with van der Waals surface area (Å²) in [7, 11) is 0. The quantitative estimate of drug-likeness (QED) is 0.858. The summed E-state index contributed by atoms with van der Waals surface area (Å²) in [6.45, 7) is 0.549. The maximum absolute atomic E-state index is 12.9. The minimum atomic E-state index is -4.51. The van der Waals surface area contributed by atoms with Crippen molar-refractivity contribution in [2.24, 2.45) is 0 Å². The molecule has 1 amide bonds. The highest BCUT2D eigenvalue weighted by molar-refractivity contribution is 7.07. The lowest BCUT2D eigenvalue weighted by atomic mass is 10.1. The van der Waals surface area contributed by atoms with E-state index in [-0.39, 0.29) is 19.0 Å². The zero-order valence-corrected chi connectivity index (χ0v) is 12.7. The SMILES string of the molecule is O=C(Cc1ccsc1)N1CC(Oc2ncccc2C(F)(F)F)C1. The van der Waals surface area contributed by atoms with Crippen molar-refractivity contribution >= 4 is 17.2 Å². The molecule has 3 rings (SSSR count). The summed E-state index contributed by atoms with van der Waals surface area (Å²) in [5.74, 6) is -0.491. The standard InChI is InChI=1S/C15H13F3N2O2S/c16-15(17,18)12-2-1-4-19-14(12)22-11-7-20(8-11)13(21)6-10-3-5-23-9-10/h1-5,9,11H,6-8H2. The number of carbonyl (C=O) groups excluding carboxylic acids is 1. The summed E-state index contributed by atoms with van der Waals surface area (Å²) in [4.78, 5) is 17.2. The highest BCUT2D eigenvalue weighted by Crippen LogP contribution is 2.35. The number of nitrogens with zero attached hydrogens (tertiary/aromatic N) is 2. The molecule has 0 bridgehead atoms. The van der Waals surface area contributed by atoms with Gasteiger partial charge in [0, 0.05) is 6.20 Å². The highest BCUT2D eigenvalue weighted by Gasteiger charge is 2.38. The van der Waals surface area contributed by atoms with E-state index in [0.29, 0.717) is 6.42 Å². The Morgan fingerprint density at radius 1 is 1.39 bits per heavy atom. The molecule has 0 N–H and O–H groups in total. The third-order valence-electron chi connectivity index (χ3n) is 3.49.